The lowest BCUT2D eigenvalue weighted by molar-refractivity contribution is -0.141. The van der Waals surface area contributed by atoms with Gasteiger partial charge in [-0.3, -0.25) is 9.59 Å². The number of aliphatic hydroxyl groups is 1. The second kappa shape index (κ2) is 11.7. The highest BCUT2D eigenvalue weighted by Crippen LogP contribution is 2.34. The molecule has 0 unspecified atom stereocenters. The van der Waals surface area contributed by atoms with Crippen molar-refractivity contribution in [1.82, 2.24) is 15.4 Å². The Hall–Kier alpha value is -3.66. The first-order valence-corrected chi connectivity index (χ1v) is 13.7. The fourth-order valence-electron chi connectivity index (χ4n) is 5.10. The zero-order valence-corrected chi connectivity index (χ0v) is 24.0. The minimum atomic E-state index is -1.54. The van der Waals surface area contributed by atoms with Crippen molar-refractivity contribution in [3.8, 4) is 11.1 Å². The van der Waals surface area contributed by atoms with Crippen molar-refractivity contribution in [3.63, 3.8) is 0 Å². The quantitative estimate of drug-likeness (QED) is 0.358. The lowest BCUT2D eigenvalue weighted by Gasteiger charge is -2.29. The molecule has 0 aliphatic carbocycles. The second-order valence-corrected chi connectivity index (χ2v) is 12.1. The summed E-state index contributed by atoms with van der Waals surface area (Å²) >= 11 is 0. The molecule has 3 aromatic rings. The van der Waals surface area contributed by atoms with Crippen LogP contribution >= 0.6 is 0 Å². The molecule has 7 nitrogen and oxygen atoms in total. The largest absolute Gasteiger partial charge is 0.391 e. The van der Waals surface area contributed by atoms with Gasteiger partial charge in [-0.1, -0.05) is 64.0 Å². The number of aliphatic hydroxyl groups excluding tert-OH is 1. The van der Waals surface area contributed by atoms with Gasteiger partial charge in [0.05, 0.1) is 17.8 Å². The molecule has 0 spiro atoms. The van der Waals surface area contributed by atoms with Gasteiger partial charge in [0.15, 0.2) is 17.5 Å². The number of aromatic nitrogens is 1. The fraction of sp³-hybridized carbons (Fsp3) is 0.452. The number of amides is 2. The van der Waals surface area contributed by atoms with E-state index >= 15 is 0 Å². The summed E-state index contributed by atoms with van der Waals surface area (Å²) in [5.41, 5.74) is 1.39. The Balaban J connectivity index is 1.49. The summed E-state index contributed by atoms with van der Waals surface area (Å²) in [6, 6.07) is 8.84. The maximum Gasteiger partial charge on any atom is 0.243 e. The molecule has 2 aromatic carbocycles. The van der Waals surface area contributed by atoms with Crippen molar-refractivity contribution in [2.45, 2.75) is 77.5 Å². The molecular formula is C31H36F3N3O4. The van der Waals surface area contributed by atoms with Crippen LogP contribution in [-0.4, -0.2) is 45.7 Å². The molecule has 1 fully saturated rings. The van der Waals surface area contributed by atoms with Gasteiger partial charge in [-0.2, -0.15) is 0 Å². The van der Waals surface area contributed by atoms with E-state index in [1.54, 1.807) is 37.3 Å². The van der Waals surface area contributed by atoms with Crippen LogP contribution in [0.3, 0.4) is 0 Å². The summed E-state index contributed by atoms with van der Waals surface area (Å²) < 4.78 is 46.8. The fourth-order valence-corrected chi connectivity index (χ4v) is 5.10. The van der Waals surface area contributed by atoms with Gasteiger partial charge in [-0.05, 0) is 36.1 Å². The zero-order valence-electron chi connectivity index (χ0n) is 24.0. The SMILES string of the molecule is CC(C)[C@@H](C(=O)N1C[C@H](O)C[C@H]1C(=O)N[C@@H](C)c1ccc(-c2ccc(F)c(F)c2F)cc1)c1cc(C(C)(C)C)no1. The summed E-state index contributed by atoms with van der Waals surface area (Å²) in [7, 11) is 0. The molecule has 1 saturated heterocycles. The Morgan fingerprint density at radius 2 is 1.71 bits per heavy atom. The number of nitrogens with zero attached hydrogens (tertiary/aromatic N) is 2. The van der Waals surface area contributed by atoms with Gasteiger partial charge in [0.2, 0.25) is 11.8 Å². The van der Waals surface area contributed by atoms with Gasteiger partial charge in [-0.25, -0.2) is 13.2 Å². The molecule has 10 heteroatoms. The van der Waals surface area contributed by atoms with Crippen molar-refractivity contribution in [2.75, 3.05) is 6.54 Å². The first-order valence-electron chi connectivity index (χ1n) is 13.7. The number of β-amino-alcohol motifs (C(OH)–C–C–N with tert-alkyl or cyclic N) is 1. The van der Waals surface area contributed by atoms with E-state index in [1.807, 2.05) is 34.6 Å². The van der Waals surface area contributed by atoms with Gasteiger partial charge >= 0.3 is 0 Å². The van der Waals surface area contributed by atoms with E-state index in [0.29, 0.717) is 22.6 Å². The molecule has 0 bridgehead atoms. The molecule has 1 aromatic heterocycles. The molecule has 2 heterocycles. The average molecular weight is 572 g/mol. The number of carbonyl (C=O) groups excluding carboxylic acids is 2. The molecule has 4 atom stereocenters. The van der Waals surface area contributed by atoms with Crippen LogP contribution in [0.25, 0.3) is 11.1 Å². The molecule has 1 aliphatic rings. The van der Waals surface area contributed by atoms with E-state index in [4.69, 9.17) is 4.52 Å². The molecule has 220 valence electrons. The molecule has 4 rings (SSSR count). The van der Waals surface area contributed by atoms with Crippen LogP contribution in [-0.2, 0) is 15.0 Å². The van der Waals surface area contributed by atoms with Crippen molar-refractivity contribution < 1.29 is 32.4 Å². The highest BCUT2D eigenvalue weighted by atomic mass is 19.2. The minimum Gasteiger partial charge on any atom is -0.391 e. The third-order valence-corrected chi connectivity index (χ3v) is 7.52. The van der Waals surface area contributed by atoms with Crippen LogP contribution in [0.1, 0.15) is 76.9 Å². The van der Waals surface area contributed by atoms with Crippen LogP contribution in [0.5, 0.6) is 0 Å². The standard InChI is InChI=1S/C31H36F3N3O4/c1-16(2)26(24-14-25(36-41-24)31(4,5)6)30(40)37-15-20(38)13-23(37)29(39)35-17(3)18-7-9-19(10-8-18)21-11-12-22(32)28(34)27(21)33/h7-12,14,16-17,20,23,26,38H,13,15H2,1-6H3,(H,35,39)/t17-,20+,23-,26+/m0/s1. The molecule has 0 radical (unpaired) electrons. The van der Waals surface area contributed by atoms with Crippen molar-refractivity contribution in [3.05, 3.63) is 76.9 Å². The number of benzene rings is 2. The predicted octanol–water partition coefficient (Wildman–Crippen LogP) is 5.64. The minimum absolute atomic E-state index is 0.0171. The van der Waals surface area contributed by atoms with Crippen molar-refractivity contribution in [2.24, 2.45) is 5.92 Å². The molecule has 1 aliphatic heterocycles. The van der Waals surface area contributed by atoms with Gasteiger partial charge in [0.1, 0.15) is 17.7 Å². The molecular weight excluding hydrogens is 535 g/mol. The second-order valence-electron chi connectivity index (χ2n) is 12.1. The Morgan fingerprint density at radius 1 is 1.05 bits per heavy atom. The van der Waals surface area contributed by atoms with Crippen LogP contribution in [0, 0.1) is 23.4 Å². The van der Waals surface area contributed by atoms with Gasteiger partial charge in [0.25, 0.3) is 0 Å². The van der Waals surface area contributed by atoms with Gasteiger partial charge in [0, 0.05) is 30.0 Å². The van der Waals surface area contributed by atoms with E-state index in [9.17, 15) is 27.9 Å². The summed E-state index contributed by atoms with van der Waals surface area (Å²) in [5, 5.41) is 17.5. The first-order chi connectivity index (χ1) is 19.2. The van der Waals surface area contributed by atoms with Crippen LogP contribution in [0.15, 0.2) is 47.0 Å². The number of hydrogen-bond donors (Lipinski definition) is 2. The highest BCUT2D eigenvalue weighted by molar-refractivity contribution is 5.91. The Bertz CT molecular complexity index is 1410. The lowest BCUT2D eigenvalue weighted by Crippen LogP contribution is -2.48. The smallest absolute Gasteiger partial charge is 0.243 e. The third kappa shape index (κ3) is 6.32. The maximum absolute atomic E-state index is 14.2. The maximum atomic E-state index is 14.2. The van der Waals surface area contributed by atoms with E-state index in [0.717, 1.165) is 12.1 Å². The van der Waals surface area contributed by atoms with Crippen molar-refractivity contribution in [1.29, 1.82) is 0 Å². The number of carbonyl (C=O) groups is 2. The van der Waals surface area contributed by atoms with E-state index in [2.05, 4.69) is 10.5 Å². The number of halogens is 3. The van der Waals surface area contributed by atoms with E-state index in [-0.39, 0.29) is 35.8 Å². The topological polar surface area (TPSA) is 95.7 Å². The number of rotatable bonds is 7. The lowest BCUT2D eigenvalue weighted by atomic mass is 9.88. The van der Waals surface area contributed by atoms with E-state index in [1.165, 1.54) is 4.90 Å². The molecule has 0 saturated carbocycles. The van der Waals surface area contributed by atoms with Crippen LogP contribution in [0.2, 0.25) is 0 Å². The number of likely N-dealkylation sites (tertiary alicyclic amines) is 1. The first kappa shape index (κ1) is 30.3. The molecule has 2 N–H and O–H groups in total. The number of nitrogens with one attached hydrogen (secondary N) is 1. The van der Waals surface area contributed by atoms with Gasteiger partial charge < -0.3 is 19.8 Å². The summed E-state index contributed by atoms with van der Waals surface area (Å²) in [4.78, 5) is 28.6. The third-order valence-electron chi connectivity index (χ3n) is 7.52. The van der Waals surface area contributed by atoms with Gasteiger partial charge in [-0.15, -0.1) is 0 Å². The Kier molecular flexibility index (Phi) is 8.63. The predicted molar refractivity (Wildman–Crippen MR) is 147 cm³/mol. The molecule has 2 amide bonds. The Morgan fingerprint density at radius 3 is 2.29 bits per heavy atom. The van der Waals surface area contributed by atoms with Crippen LogP contribution < -0.4 is 5.32 Å². The highest BCUT2D eigenvalue weighted by Gasteiger charge is 2.43. The zero-order chi connectivity index (χ0) is 30.2. The van der Waals surface area contributed by atoms with E-state index < -0.39 is 47.5 Å². The number of hydrogen-bond acceptors (Lipinski definition) is 5. The summed E-state index contributed by atoms with van der Waals surface area (Å²) in [5.74, 6) is -5.23. The molecule has 41 heavy (non-hydrogen) atoms. The summed E-state index contributed by atoms with van der Waals surface area (Å²) in [6.07, 6.45) is -0.768. The monoisotopic (exact) mass is 571 g/mol. The van der Waals surface area contributed by atoms with Crippen LogP contribution in [0.4, 0.5) is 13.2 Å². The van der Waals surface area contributed by atoms with Crippen molar-refractivity contribution >= 4 is 11.8 Å². The summed E-state index contributed by atoms with van der Waals surface area (Å²) in [6.45, 7) is 11.5. The Labute approximate surface area is 237 Å². The average Bonchev–Trinajstić information content (AvgIpc) is 3.55. The normalized spacial score (nSPS) is 19.0.